The lowest BCUT2D eigenvalue weighted by atomic mass is 9.67. The van der Waals surface area contributed by atoms with Crippen molar-refractivity contribution < 1.29 is 4.42 Å². The average molecular weight is 831 g/mol. The predicted molar refractivity (Wildman–Crippen MR) is 266 cm³/mol. The Morgan fingerprint density at radius 3 is 1.68 bits per heavy atom. The van der Waals surface area contributed by atoms with Gasteiger partial charge in [0, 0.05) is 38.4 Å². The minimum atomic E-state index is -0.531. The molecule has 9 aromatic carbocycles. The molecule has 2 aliphatic rings. The summed E-state index contributed by atoms with van der Waals surface area (Å²) in [7, 11) is 0. The maximum absolute atomic E-state index is 6.46. The highest BCUT2D eigenvalue weighted by atomic mass is 16.3. The van der Waals surface area contributed by atoms with Gasteiger partial charge in [-0.3, -0.25) is 0 Å². The van der Waals surface area contributed by atoms with E-state index < -0.39 is 5.41 Å². The molecule has 0 radical (unpaired) electrons. The van der Waals surface area contributed by atoms with Gasteiger partial charge in [0.2, 0.25) is 0 Å². The van der Waals surface area contributed by atoms with Crippen molar-refractivity contribution in [3.8, 4) is 67.3 Å². The first-order chi connectivity index (χ1) is 32.0. The number of aromatic nitrogens is 2. The van der Waals surface area contributed by atoms with E-state index in [2.05, 4.69) is 220 Å². The minimum absolute atomic E-state index is 0.159. The van der Waals surface area contributed by atoms with E-state index in [0.717, 1.165) is 61.1 Å². The molecule has 0 spiro atoms. The molecule has 0 N–H and O–H groups in total. The molecular weight excluding hydrogens is 789 g/mol. The fourth-order valence-corrected chi connectivity index (χ4v) is 11.2. The predicted octanol–water partition coefficient (Wildman–Crippen LogP) is 15.7. The van der Waals surface area contributed by atoms with Crippen LogP contribution in [0, 0.1) is 0 Å². The summed E-state index contributed by atoms with van der Waals surface area (Å²) in [6.07, 6.45) is 0. The van der Waals surface area contributed by atoms with Gasteiger partial charge in [-0.15, -0.1) is 0 Å². The van der Waals surface area contributed by atoms with Crippen molar-refractivity contribution in [2.75, 3.05) is 0 Å². The van der Waals surface area contributed by atoms with Crippen molar-refractivity contribution in [2.45, 2.75) is 24.7 Å². The Kier molecular flexibility index (Phi) is 8.17. The lowest BCUT2D eigenvalue weighted by Gasteiger charge is -2.34. The standard InChI is InChI=1S/C62H42N2O/c1-61(2)51-27-12-10-23-49(51)58-50(26-16-29-53(58)61)60-63-55(40-33-31-39(32-34-40)44-24-15-25-48-47-22-11-14-30-57(47)65-59(44)48)38-56(64-60)41-35-36-46-45-21-9-13-28-52(45)62(54(46)37-41,42-17-5-3-6-18-42)43-19-7-4-8-20-43/h3-38H,1-2H3. The molecule has 11 aromatic rings. The van der Waals surface area contributed by atoms with Gasteiger partial charge in [-0.25, -0.2) is 9.97 Å². The highest BCUT2D eigenvalue weighted by Crippen LogP contribution is 2.57. The lowest BCUT2D eigenvalue weighted by Crippen LogP contribution is -2.28. The summed E-state index contributed by atoms with van der Waals surface area (Å²) in [6.45, 7) is 4.65. The smallest absolute Gasteiger partial charge is 0.161 e. The van der Waals surface area contributed by atoms with Crippen molar-refractivity contribution in [3.05, 3.63) is 252 Å². The molecule has 0 fully saturated rings. The van der Waals surface area contributed by atoms with Gasteiger partial charge < -0.3 is 4.42 Å². The molecular formula is C62H42N2O. The molecule has 65 heavy (non-hydrogen) atoms. The molecule has 3 nitrogen and oxygen atoms in total. The van der Waals surface area contributed by atoms with Crippen molar-refractivity contribution in [1.82, 2.24) is 9.97 Å². The molecule has 0 atom stereocenters. The fraction of sp³-hybridized carbons (Fsp3) is 0.0645. The zero-order valence-electron chi connectivity index (χ0n) is 36.1. The van der Waals surface area contributed by atoms with E-state index >= 15 is 0 Å². The number of rotatable bonds is 6. The minimum Gasteiger partial charge on any atom is -0.455 e. The normalized spacial score (nSPS) is 13.9. The van der Waals surface area contributed by atoms with E-state index in [4.69, 9.17) is 14.4 Å². The second-order valence-corrected chi connectivity index (χ2v) is 18.0. The van der Waals surface area contributed by atoms with E-state index in [-0.39, 0.29) is 5.41 Å². The van der Waals surface area contributed by atoms with Crippen LogP contribution in [0.1, 0.15) is 47.2 Å². The molecule has 0 bridgehead atoms. The van der Waals surface area contributed by atoms with E-state index in [9.17, 15) is 0 Å². The summed E-state index contributed by atoms with van der Waals surface area (Å²) in [5.74, 6) is 0.708. The number of nitrogens with zero attached hydrogens (tertiary/aromatic N) is 2. The Balaban J connectivity index is 1.02. The van der Waals surface area contributed by atoms with Crippen LogP contribution < -0.4 is 0 Å². The van der Waals surface area contributed by atoms with E-state index in [0.29, 0.717) is 5.82 Å². The Hall–Kier alpha value is -8.14. The Labute approximate surface area is 378 Å². The van der Waals surface area contributed by atoms with Crippen LogP contribution in [0.5, 0.6) is 0 Å². The van der Waals surface area contributed by atoms with Gasteiger partial charge in [0.15, 0.2) is 5.82 Å². The van der Waals surface area contributed by atoms with Gasteiger partial charge >= 0.3 is 0 Å². The number of furan rings is 1. The van der Waals surface area contributed by atoms with Crippen molar-refractivity contribution in [2.24, 2.45) is 0 Å². The maximum atomic E-state index is 6.46. The summed E-state index contributed by atoms with van der Waals surface area (Å²) in [6, 6.07) is 78.9. The van der Waals surface area contributed by atoms with Gasteiger partial charge in [-0.1, -0.05) is 214 Å². The zero-order valence-corrected chi connectivity index (χ0v) is 36.1. The maximum Gasteiger partial charge on any atom is 0.161 e. The second-order valence-electron chi connectivity index (χ2n) is 18.0. The van der Waals surface area contributed by atoms with Gasteiger partial charge in [0.25, 0.3) is 0 Å². The number of para-hydroxylation sites is 2. The molecule has 0 saturated heterocycles. The Morgan fingerprint density at radius 2 is 0.908 bits per heavy atom. The lowest BCUT2D eigenvalue weighted by molar-refractivity contribution is 0.660. The molecule has 2 aliphatic carbocycles. The van der Waals surface area contributed by atoms with Crippen molar-refractivity contribution in [3.63, 3.8) is 0 Å². The highest BCUT2D eigenvalue weighted by Gasteiger charge is 2.46. The van der Waals surface area contributed by atoms with Gasteiger partial charge in [0.05, 0.1) is 16.8 Å². The third-order valence-corrected chi connectivity index (χ3v) is 14.2. The summed E-state index contributed by atoms with van der Waals surface area (Å²) < 4.78 is 6.46. The van der Waals surface area contributed by atoms with Crippen LogP contribution >= 0.6 is 0 Å². The molecule has 0 aliphatic heterocycles. The van der Waals surface area contributed by atoms with Crippen LogP contribution in [0.25, 0.3) is 89.2 Å². The molecule has 2 aromatic heterocycles. The molecule has 13 rings (SSSR count). The molecule has 0 saturated carbocycles. The first-order valence-electron chi connectivity index (χ1n) is 22.5. The molecule has 306 valence electrons. The molecule has 2 heterocycles. The van der Waals surface area contributed by atoms with E-state index in [1.807, 2.05) is 12.1 Å². The fourth-order valence-electron chi connectivity index (χ4n) is 11.2. The molecule has 0 amide bonds. The number of hydrogen-bond donors (Lipinski definition) is 0. The Morgan fingerprint density at radius 1 is 0.369 bits per heavy atom. The quantitative estimate of drug-likeness (QED) is 0.168. The van der Waals surface area contributed by atoms with Gasteiger partial charge in [-0.2, -0.15) is 0 Å². The SMILES string of the molecule is CC1(C)c2ccccc2-c2c(-c3nc(-c4ccc(-c5cccc6c5oc5ccccc56)cc4)cc(-c4ccc5c(c4)C(c4ccccc4)(c4ccccc4)c4ccccc4-5)n3)cccc21. The first kappa shape index (κ1) is 37.4. The van der Waals surface area contributed by atoms with Crippen LogP contribution in [0.2, 0.25) is 0 Å². The average Bonchev–Trinajstić information content (AvgIpc) is 3.98. The summed E-state index contributed by atoms with van der Waals surface area (Å²) in [5.41, 5.74) is 20.6. The molecule has 3 heteroatoms. The van der Waals surface area contributed by atoms with Crippen LogP contribution in [0.4, 0.5) is 0 Å². The van der Waals surface area contributed by atoms with Gasteiger partial charge in [-0.05, 0) is 79.4 Å². The van der Waals surface area contributed by atoms with E-state index in [1.165, 1.54) is 55.6 Å². The number of benzene rings is 9. The first-order valence-corrected chi connectivity index (χ1v) is 22.5. The second kappa shape index (κ2) is 14.2. The topological polar surface area (TPSA) is 38.9 Å². The van der Waals surface area contributed by atoms with E-state index in [1.54, 1.807) is 0 Å². The van der Waals surface area contributed by atoms with Crippen LogP contribution in [0.3, 0.4) is 0 Å². The van der Waals surface area contributed by atoms with Crippen LogP contribution in [-0.4, -0.2) is 9.97 Å². The van der Waals surface area contributed by atoms with Crippen LogP contribution in [0.15, 0.2) is 223 Å². The summed E-state index contributed by atoms with van der Waals surface area (Å²) >= 11 is 0. The largest absolute Gasteiger partial charge is 0.455 e. The van der Waals surface area contributed by atoms with Crippen molar-refractivity contribution >= 4 is 21.9 Å². The summed E-state index contributed by atoms with van der Waals surface area (Å²) in [4.78, 5) is 11.0. The van der Waals surface area contributed by atoms with Crippen LogP contribution in [-0.2, 0) is 10.8 Å². The third kappa shape index (κ3) is 5.49. The Bertz CT molecular complexity index is 3640. The third-order valence-electron chi connectivity index (χ3n) is 14.2. The number of fused-ring (bicyclic) bond motifs is 9. The van der Waals surface area contributed by atoms with Crippen molar-refractivity contribution in [1.29, 1.82) is 0 Å². The molecule has 0 unspecified atom stereocenters. The highest BCUT2D eigenvalue weighted by molar-refractivity contribution is 6.09. The summed E-state index contributed by atoms with van der Waals surface area (Å²) in [5, 5.41) is 2.24. The monoisotopic (exact) mass is 830 g/mol. The van der Waals surface area contributed by atoms with Gasteiger partial charge in [0.1, 0.15) is 11.2 Å². The zero-order chi connectivity index (χ0) is 43.3. The number of hydrogen-bond acceptors (Lipinski definition) is 3.